The maximum absolute atomic E-state index is 11.9. The van der Waals surface area contributed by atoms with Crippen molar-refractivity contribution in [2.45, 2.75) is 59.8 Å². The maximum atomic E-state index is 11.9. The lowest BCUT2D eigenvalue weighted by molar-refractivity contribution is -0.130. The van der Waals surface area contributed by atoms with E-state index < -0.39 is 0 Å². The highest BCUT2D eigenvalue weighted by Crippen LogP contribution is 2.47. The van der Waals surface area contributed by atoms with Crippen LogP contribution in [0.3, 0.4) is 0 Å². The van der Waals surface area contributed by atoms with E-state index in [1.165, 1.54) is 19.3 Å². The monoisotopic (exact) mass is 196 g/mol. The fourth-order valence-corrected chi connectivity index (χ4v) is 2.82. The summed E-state index contributed by atoms with van der Waals surface area (Å²) in [6.07, 6.45) is 5.64. The van der Waals surface area contributed by atoms with Crippen molar-refractivity contribution in [2.24, 2.45) is 17.3 Å². The number of ketones is 1. The molecule has 0 radical (unpaired) electrons. The topological polar surface area (TPSA) is 17.1 Å². The summed E-state index contributed by atoms with van der Waals surface area (Å²) in [5.41, 5.74) is 0.269. The Hall–Kier alpha value is -0.330. The standard InChI is InChI=1S/C13H24O/c1-5-12(14)11-8-6-7-9-13(11,4)10(2)3/h10-11H,5-9H2,1-4H3. The molecule has 0 saturated heterocycles. The predicted octanol–water partition coefficient (Wildman–Crippen LogP) is 3.82. The van der Waals surface area contributed by atoms with Gasteiger partial charge in [-0.2, -0.15) is 0 Å². The van der Waals surface area contributed by atoms with E-state index in [0.717, 1.165) is 6.42 Å². The van der Waals surface area contributed by atoms with Gasteiger partial charge in [-0.05, 0) is 24.2 Å². The van der Waals surface area contributed by atoms with E-state index in [0.29, 0.717) is 24.0 Å². The molecule has 0 N–H and O–H groups in total. The lowest BCUT2D eigenvalue weighted by atomic mass is 9.60. The highest BCUT2D eigenvalue weighted by Gasteiger charge is 2.41. The first-order chi connectivity index (χ1) is 6.52. The third-order valence-electron chi connectivity index (χ3n) is 4.31. The highest BCUT2D eigenvalue weighted by molar-refractivity contribution is 5.81. The quantitative estimate of drug-likeness (QED) is 0.670. The lowest BCUT2D eigenvalue weighted by Crippen LogP contribution is -2.40. The van der Waals surface area contributed by atoms with Gasteiger partial charge in [0.15, 0.2) is 0 Å². The SMILES string of the molecule is CCC(=O)C1CCCCC1(C)C(C)C. The summed E-state index contributed by atoms with van der Waals surface area (Å²) in [6.45, 7) is 8.84. The van der Waals surface area contributed by atoms with Crippen LogP contribution in [0, 0.1) is 17.3 Å². The van der Waals surface area contributed by atoms with Gasteiger partial charge < -0.3 is 0 Å². The van der Waals surface area contributed by atoms with E-state index in [9.17, 15) is 4.79 Å². The fraction of sp³-hybridized carbons (Fsp3) is 0.923. The molecule has 0 aromatic carbocycles. The van der Waals surface area contributed by atoms with Gasteiger partial charge in [-0.15, -0.1) is 0 Å². The van der Waals surface area contributed by atoms with E-state index in [1.54, 1.807) is 0 Å². The van der Waals surface area contributed by atoms with Crippen molar-refractivity contribution in [3.63, 3.8) is 0 Å². The zero-order valence-electron chi connectivity index (χ0n) is 10.1. The van der Waals surface area contributed by atoms with Crippen LogP contribution in [0.5, 0.6) is 0 Å². The molecule has 82 valence electrons. The number of hydrogen-bond acceptors (Lipinski definition) is 1. The van der Waals surface area contributed by atoms with Gasteiger partial charge in [0.05, 0.1) is 0 Å². The molecule has 0 heterocycles. The Morgan fingerprint density at radius 2 is 2.07 bits per heavy atom. The molecular formula is C13H24O. The van der Waals surface area contributed by atoms with Crippen LogP contribution in [-0.4, -0.2) is 5.78 Å². The van der Waals surface area contributed by atoms with Crippen LogP contribution >= 0.6 is 0 Å². The van der Waals surface area contributed by atoms with Crippen LogP contribution in [0.2, 0.25) is 0 Å². The minimum Gasteiger partial charge on any atom is -0.299 e. The van der Waals surface area contributed by atoms with E-state index in [4.69, 9.17) is 0 Å². The maximum Gasteiger partial charge on any atom is 0.136 e. The van der Waals surface area contributed by atoms with Crippen molar-refractivity contribution >= 4 is 5.78 Å². The molecule has 0 aromatic rings. The van der Waals surface area contributed by atoms with E-state index in [2.05, 4.69) is 20.8 Å². The summed E-state index contributed by atoms with van der Waals surface area (Å²) < 4.78 is 0. The van der Waals surface area contributed by atoms with E-state index >= 15 is 0 Å². The van der Waals surface area contributed by atoms with E-state index in [1.807, 2.05) is 6.92 Å². The number of carbonyl (C=O) groups is 1. The number of carbonyl (C=O) groups excluding carboxylic acids is 1. The van der Waals surface area contributed by atoms with Crippen molar-refractivity contribution < 1.29 is 4.79 Å². The molecule has 0 spiro atoms. The van der Waals surface area contributed by atoms with Crippen LogP contribution in [0.4, 0.5) is 0 Å². The molecule has 1 aliphatic rings. The van der Waals surface area contributed by atoms with Gasteiger partial charge in [0.2, 0.25) is 0 Å². The average molecular weight is 196 g/mol. The van der Waals surface area contributed by atoms with Crippen molar-refractivity contribution in [2.75, 3.05) is 0 Å². The van der Waals surface area contributed by atoms with Gasteiger partial charge in [0, 0.05) is 12.3 Å². The first kappa shape index (κ1) is 11.7. The third-order valence-corrected chi connectivity index (χ3v) is 4.31. The minimum absolute atomic E-state index is 0.269. The van der Waals surface area contributed by atoms with E-state index in [-0.39, 0.29) is 5.41 Å². The number of hydrogen-bond donors (Lipinski definition) is 0. The van der Waals surface area contributed by atoms with Crippen molar-refractivity contribution in [3.8, 4) is 0 Å². The van der Waals surface area contributed by atoms with Crippen LogP contribution in [0.1, 0.15) is 59.8 Å². The molecule has 0 aromatic heterocycles. The smallest absolute Gasteiger partial charge is 0.136 e. The van der Waals surface area contributed by atoms with Gasteiger partial charge in [-0.3, -0.25) is 4.79 Å². The predicted molar refractivity (Wildman–Crippen MR) is 60.2 cm³/mol. The first-order valence-electron chi connectivity index (χ1n) is 6.05. The summed E-state index contributed by atoms with van der Waals surface area (Å²) in [7, 11) is 0. The molecule has 1 fully saturated rings. The number of rotatable bonds is 3. The second-order valence-electron chi connectivity index (χ2n) is 5.28. The second kappa shape index (κ2) is 4.46. The molecule has 1 nitrogen and oxygen atoms in total. The second-order valence-corrected chi connectivity index (χ2v) is 5.28. The molecule has 1 heteroatoms. The van der Waals surface area contributed by atoms with Crippen LogP contribution in [-0.2, 0) is 4.79 Å². The van der Waals surface area contributed by atoms with Crippen molar-refractivity contribution in [1.82, 2.24) is 0 Å². The molecule has 0 bridgehead atoms. The van der Waals surface area contributed by atoms with Crippen LogP contribution < -0.4 is 0 Å². The summed E-state index contributed by atoms with van der Waals surface area (Å²) >= 11 is 0. The molecule has 1 saturated carbocycles. The highest BCUT2D eigenvalue weighted by atomic mass is 16.1. The first-order valence-corrected chi connectivity index (χ1v) is 6.05. The number of Topliss-reactive ketones (excluding diaryl/α,β-unsaturated/α-hetero) is 1. The molecule has 2 atom stereocenters. The Balaban J connectivity index is 2.83. The van der Waals surface area contributed by atoms with Gasteiger partial charge >= 0.3 is 0 Å². The largest absolute Gasteiger partial charge is 0.299 e. The zero-order chi connectivity index (χ0) is 10.8. The van der Waals surface area contributed by atoms with Crippen molar-refractivity contribution in [3.05, 3.63) is 0 Å². The molecule has 2 unspecified atom stereocenters. The Bertz CT molecular complexity index is 207. The molecule has 1 rings (SSSR count). The zero-order valence-corrected chi connectivity index (χ0v) is 10.1. The van der Waals surface area contributed by atoms with Crippen molar-refractivity contribution in [1.29, 1.82) is 0 Å². The normalized spacial score (nSPS) is 33.4. The van der Waals surface area contributed by atoms with Crippen LogP contribution in [0.25, 0.3) is 0 Å². The summed E-state index contributed by atoms with van der Waals surface area (Å²) in [5, 5.41) is 0. The molecular weight excluding hydrogens is 172 g/mol. The Labute approximate surface area is 88.3 Å². The minimum atomic E-state index is 0.269. The summed E-state index contributed by atoms with van der Waals surface area (Å²) in [6, 6.07) is 0. The summed E-state index contributed by atoms with van der Waals surface area (Å²) in [4.78, 5) is 11.9. The fourth-order valence-electron chi connectivity index (χ4n) is 2.82. The third kappa shape index (κ3) is 2.02. The van der Waals surface area contributed by atoms with Gasteiger partial charge in [-0.25, -0.2) is 0 Å². The Kier molecular flexibility index (Phi) is 3.74. The van der Waals surface area contributed by atoms with Crippen LogP contribution in [0.15, 0.2) is 0 Å². The molecule has 0 aliphatic heterocycles. The Morgan fingerprint density at radius 1 is 1.43 bits per heavy atom. The molecule has 14 heavy (non-hydrogen) atoms. The summed E-state index contributed by atoms with van der Waals surface area (Å²) in [5.74, 6) is 1.45. The Morgan fingerprint density at radius 3 is 2.57 bits per heavy atom. The van der Waals surface area contributed by atoms with Gasteiger partial charge in [-0.1, -0.05) is 40.5 Å². The van der Waals surface area contributed by atoms with Gasteiger partial charge in [0.25, 0.3) is 0 Å². The average Bonchev–Trinajstić information content (AvgIpc) is 2.17. The van der Waals surface area contributed by atoms with Gasteiger partial charge in [0.1, 0.15) is 5.78 Å². The molecule has 0 amide bonds. The molecule has 1 aliphatic carbocycles. The lowest BCUT2D eigenvalue weighted by Gasteiger charge is -2.44.